The zero-order valence-corrected chi connectivity index (χ0v) is 18.1. The lowest BCUT2D eigenvalue weighted by Gasteiger charge is -2.30. The Morgan fingerprint density at radius 2 is 1.93 bits per heavy atom. The molecule has 0 bridgehead atoms. The first kappa shape index (κ1) is 20.5. The predicted molar refractivity (Wildman–Crippen MR) is 109 cm³/mol. The number of aryl methyl sites for hydroxylation is 3. The molecule has 0 unspecified atom stereocenters. The summed E-state index contributed by atoms with van der Waals surface area (Å²) in [4.78, 5) is 8.70. The van der Waals surface area contributed by atoms with E-state index >= 15 is 0 Å². The van der Waals surface area contributed by atoms with E-state index in [1.165, 1.54) is 27.7 Å². The van der Waals surface area contributed by atoms with Crippen LogP contribution in [-0.4, -0.2) is 61.9 Å². The van der Waals surface area contributed by atoms with Crippen LogP contribution in [0.25, 0.3) is 5.82 Å². The maximum absolute atomic E-state index is 12.7. The van der Waals surface area contributed by atoms with E-state index in [0.29, 0.717) is 31.4 Å². The van der Waals surface area contributed by atoms with Crippen LogP contribution in [0.3, 0.4) is 0 Å². The van der Waals surface area contributed by atoms with Crippen molar-refractivity contribution in [3.63, 3.8) is 0 Å². The van der Waals surface area contributed by atoms with Gasteiger partial charge < -0.3 is 4.74 Å². The minimum Gasteiger partial charge on any atom is -0.477 e. The standard InChI is InChI=1S/C19H25N7O3S/c1-14-8-15(2)26(23-14)18-9-19(21-13-20-18)29-12-16-4-6-25(7-5-16)30(27,28)17-10-22-24(3)11-17/h8-11,13,16H,4-7,12H2,1-3H3. The fourth-order valence-electron chi connectivity index (χ4n) is 3.59. The SMILES string of the molecule is Cc1cc(C)n(-c2cc(OCC3CCN(S(=O)(=O)c4cnn(C)c4)CC3)ncn2)n1. The van der Waals surface area contributed by atoms with Crippen molar-refractivity contribution in [2.45, 2.75) is 31.6 Å². The van der Waals surface area contributed by atoms with Crippen molar-refractivity contribution in [1.82, 2.24) is 33.8 Å². The Hall–Kier alpha value is -2.79. The van der Waals surface area contributed by atoms with Gasteiger partial charge in [-0.1, -0.05) is 0 Å². The Morgan fingerprint density at radius 1 is 1.17 bits per heavy atom. The predicted octanol–water partition coefficient (Wildman–Crippen LogP) is 1.49. The first-order valence-electron chi connectivity index (χ1n) is 9.80. The Balaban J connectivity index is 1.34. The number of rotatable bonds is 6. The van der Waals surface area contributed by atoms with Gasteiger partial charge in [-0.2, -0.15) is 14.5 Å². The fraction of sp³-hybridized carbons (Fsp3) is 0.474. The molecule has 3 aromatic rings. The van der Waals surface area contributed by atoms with Gasteiger partial charge in [0.25, 0.3) is 0 Å². The van der Waals surface area contributed by atoms with Crippen LogP contribution < -0.4 is 4.74 Å². The number of aromatic nitrogens is 6. The Bertz CT molecular complexity index is 1130. The maximum atomic E-state index is 12.7. The monoisotopic (exact) mass is 431 g/mol. The molecule has 0 saturated carbocycles. The summed E-state index contributed by atoms with van der Waals surface area (Å²) in [5, 5.41) is 8.40. The summed E-state index contributed by atoms with van der Waals surface area (Å²) in [6.45, 7) is 5.31. The lowest BCUT2D eigenvalue weighted by Crippen LogP contribution is -2.39. The summed E-state index contributed by atoms with van der Waals surface area (Å²) >= 11 is 0. The van der Waals surface area contributed by atoms with Crippen LogP contribution in [0.5, 0.6) is 5.88 Å². The van der Waals surface area contributed by atoms with Gasteiger partial charge in [0, 0.05) is 38.1 Å². The minimum atomic E-state index is -3.49. The highest BCUT2D eigenvalue weighted by atomic mass is 32.2. The van der Waals surface area contributed by atoms with Crippen LogP contribution in [0, 0.1) is 19.8 Å². The molecule has 0 N–H and O–H groups in total. The molecule has 1 saturated heterocycles. The van der Waals surface area contributed by atoms with Gasteiger partial charge in [-0.25, -0.2) is 23.1 Å². The summed E-state index contributed by atoms with van der Waals surface area (Å²) in [5.41, 5.74) is 1.90. The van der Waals surface area contributed by atoms with Crippen LogP contribution in [0.4, 0.5) is 0 Å². The third kappa shape index (κ3) is 4.21. The fourth-order valence-corrected chi connectivity index (χ4v) is 5.04. The van der Waals surface area contributed by atoms with Gasteiger partial charge >= 0.3 is 0 Å². The van der Waals surface area contributed by atoms with Crippen LogP contribution in [0.2, 0.25) is 0 Å². The average Bonchev–Trinajstić information content (AvgIpc) is 3.32. The number of nitrogens with zero attached hydrogens (tertiary/aromatic N) is 7. The summed E-state index contributed by atoms with van der Waals surface area (Å²) in [5.74, 6) is 1.40. The molecule has 4 heterocycles. The maximum Gasteiger partial charge on any atom is 0.246 e. The summed E-state index contributed by atoms with van der Waals surface area (Å²) in [6.07, 6.45) is 5.84. The lowest BCUT2D eigenvalue weighted by molar-refractivity contribution is 0.181. The molecular formula is C19H25N7O3S. The lowest BCUT2D eigenvalue weighted by atomic mass is 9.99. The van der Waals surface area contributed by atoms with Crippen LogP contribution in [0.15, 0.2) is 35.7 Å². The highest BCUT2D eigenvalue weighted by Gasteiger charge is 2.30. The second kappa shape index (κ2) is 8.15. The van der Waals surface area contributed by atoms with E-state index in [4.69, 9.17) is 4.74 Å². The Kier molecular flexibility index (Phi) is 5.56. The molecule has 0 spiro atoms. The molecule has 160 valence electrons. The van der Waals surface area contributed by atoms with Crippen molar-refractivity contribution in [3.05, 3.63) is 42.2 Å². The largest absolute Gasteiger partial charge is 0.477 e. The highest BCUT2D eigenvalue weighted by molar-refractivity contribution is 7.89. The van der Waals surface area contributed by atoms with E-state index in [1.807, 2.05) is 19.9 Å². The summed E-state index contributed by atoms with van der Waals surface area (Å²) in [6, 6.07) is 3.75. The van der Waals surface area contributed by atoms with Gasteiger partial charge in [-0.15, -0.1) is 0 Å². The Morgan fingerprint density at radius 3 is 2.57 bits per heavy atom. The molecule has 3 aromatic heterocycles. The van der Waals surface area contributed by atoms with Crippen molar-refractivity contribution >= 4 is 10.0 Å². The highest BCUT2D eigenvalue weighted by Crippen LogP contribution is 2.24. The van der Waals surface area contributed by atoms with Crippen molar-refractivity contribution in [2.75, 3.05) is 19.7 Å². The molecule has 0 atom stereocenters. The molecule has 1 aliphatic heterocycles. The second-order valence-corrected chi connectivity index (χ2v) is 9.50. The van der Waals surface area contributed by atoms with E-state index in [1.54, 1.807) is 17.8 Å². The van der Waals surface area contributed by atoms with Crippen molar-refractivity contribution < 1.29 is 13.2 Å². The quantitative estimate of drug-likeness (QED) is 0.582. The number of hydrogen-bond acceptors (Lipinski definition) is 7. The van der Waals surface area contributed by atoms with Gasteiger partial charge in [0.15, 0.2) is 5.82 Å². The number of sulfonamides is 1. The Labute approximate surface area is 175 Å². The molecule has 0 radical (unpaired) electrons. The van der Waals surface area contributed by atoms with E-state index < -0.39 is 10.0 Å². The van der Waals surface area contributed by atoms with E-state index in [9.17, 15) is 8.42 Å². The van der Waals surface area contributed by atoms with Gasteiger partial charge in [0.1, 0.15) is 11.2 Å². The molecule has 1 fully saturated rings. The number of ether oxygens (including phenoxy) is 1. The average molecular weight is 432 g/mol. The third-order valence-electron chi connectivity index (χ3n) is 5.21. The molecule has 0 aromatic carbocycles. The molecule has 30 heavy (non-hydrogen) atoms. The first-order chi connectivity index (χ1) is 14.3. The normalized spacial score (nSPS) is 16.1. The minimum absolute atomic E-state index is 0.234. The van der Waals surface area contributed by atoms with Crippen molar-refractivity contribution in [2.24, 2.45) is 13.0 Å². The third-order valence-corrected chi connectivity index (χ3v) is 7.07. The van der Waals surface area contributed by atoms with Gasteiger partial charge in [-0.3, -0.25) is 4.68 Å². The molecular weight excluding hydrogens is 406 g/mol. The molecule has 4 rings (SSSR count). The molecule has 1 aliphatic rings. The second-order valence-electron chi connectivity index (χ2n) is 7.56. The molecule has 0 amide bonds. The van der Waals surface area contributed by atoms with E-state index in [-0.39, 0.29) is 10.8 Å². The van der Waals surface area contributed by atoms with Crippen LogP contribution in [-0.2, 0) is 17.1 Å². The number of piperidine rings is 1. The van der Waals surface area contributed by atoms with E-state index in [0.717, 1.165) is 24.2 Å². The zero-order valence-electron chi connectivity index (χ0n) is 17.3. The zero-order chi connectivity index (χ0) is 21.3. The summed E-state index contributed by atoms with van der Waals surface area (Å²) < 4.78 is 36.1. The first-order valence-corrected chi connectivity index (χ1v) is 11.2. The van der Waals surface area contributed by atoms with Crippen molar-refractivity contribution in [3.8, 4) is 11.7 Å². The smallest absolute Gasteiger partial charge is 0.246 e. The van der Waals surface area contributed by atoms with Gasteiger partial charge in [0.05, 0.1) is 18.5 Å². The molecule has 0 aliphatic carbocycles. The number of hydrogen-bond donors (Lipinski definition) is 0. The van der Waals surface area contributed by atoms with Crippen LogP contribution >= 0.6 is 0 Å². The summed E-state index contributed by atoms with van der Waals surface area (Å²) in [7, 11) is -1.79. The molecule has 10 nitrogen and oxygen atoms in total. The van der Waals surface area contributed by atoms with Crippen molar-refractivity contribution in [1.29, 1.82) is 0 Å². The van der Waals surface area contributed by atoms with Crippen LogP contribution in [0.1, 0.15) is 24.2 Å². The molecule has 11 heteroatoms. The topological polar surface area (TPSA) is 108 Å². The van der Waals surface area contributed by atoms with Gasteiger partial charge in [-0.05, 0) is 38.7 Å². The van der Waals surface area contributed by atoms with Gasteiger partial charge in [0.2, 0.25) is 15.9 Å². The van der Waals surface area contributed by atoms with E-state index in [2.05, 4.69) is 20.2 Å².